The molecule has 1 aromatic heterocycles. The number of carbonyl (C=O) groups excluding carboxylic acids is 1. The number of amides is 1. The number of nitrogens with zero attached hydrogens (tertiary/aromatic N) is 4. The lowest BCUT2D eigenvalue weighted by Gasteiger charge is -2.34. The molecule has 43 heavy (non-hydrogen) atoms. The van der Waals surface area contributed by atoms with E-state index in [1.54, 1.807) is 19.1 Å². The third-order valence-corrected chi connectivity index (χ3v) is 9.67. The predicted octanol–water partition coefficient (Wildman–Crippen LogP) is 5.18. The molecule has 0 aliphatic carbocycles. The van der Waals surface area contributed by atoms with Crippen molar-refractivity contribution in [2.45, 2.75) is 11.8 Å². The Labute approximate surface area is 254 Å². The largest absolute Gasteiger partial charge is 0.497 e. The standard InChI is InChI=1S/C30H29ClN4O7S/c1-20-26(19-28(21-7-9-23(41-2)10-8-21)34(20)22-5-4-6-24(17-22)42-3)30(36)32-13-15-33(16-14-32)43(39,40)25-11-12-27(31)29(18-25)35(37)38/h4-12,17-19H,13-16H2,1-3H3. The number of nitro groups is 1. The van der Waals surface area contributed by atoms with Gasteiger partial charge in [0.2, 0.25) is 10.0 Å². The molecule has 5 rings (SSSR count). The van der Waals surface area contributed by atoms with E-state index in [1.807, 2.05) is 66.1 Å². The number of benzene rings is 3. The van der Waals surface area contributed by atoms with Gasteiger partial charge in [-0.2, -0.15) is 4.31 Å². The zero-order valence-electron chi connectivity index (χ0n) is 23.7. The van der Waals surface area contributed by atoms with Crippen molar-refractivity contribution in [2.24, 2.45) is 0 Å². The van der Waals surface area contributed by atoms with Crippen molar-refractivity contribution in [3.05, 3.63) is 99.2 Å². The van der Waals surface area contributed by atoms with E-state index in [9.17, 15) is 23.3 Å². The summed E-state index contributed by atoms with van der Waals surface area (Å²) >= 11 is 5.86. The van der Waals surface area contributed by atoms with Gasteiger partial charge < -0.3 is 18.9 Å². The molecule has 0 spiro atoms. The highest BCUT2D eigenvalue weighted by molar-refractivity contribution is 7.89. The summed E-state index contributed by atoms with van der Waals surface area (Å²) in [7, 11) is -0.849. The van der Waals surface area contributed by atoms with Crippen LogP contribution >= 0.6 is 11.6 Å². The molecule has 2 heterocycles. The van der Waals surface area contributed by atoms with Crippen LogP contribution in [0.1, 0.15) is 16.1 Å². The summed E-state index contributed by atoms with van der Waals surface area (Å²) in [4.78, 5) is 25.8. The smallest absolute Gasteiger partial charge is 0.289 e. The van der Waals surface area contributed by atoms with Crippen molar-refractivity contribution in [3.63, 3.8) is 0 Å². The van der Waals surface area contributed by atoms with Gasteiger partial charge in [0.25, 0.3) is 11.6 Å². The molecule has 3 aromatic carbocycles. The van der Waals surface area contributed by atoms with Crippen LogP contribution in [0.25, 0.3) is 16.9 Å². The minimum Gasteiger partial charge on any atom is -0.497 e. The maximum Gasteiger partial charge on any atom is 0.289 e. The van der Waals surface area contributed by atoms with Gasteiger partial charge in [0.1, 0.15) is 16.5 Å². The Kier molecular flexibility index (Phi) is 8.45. The lowest BCUT2D eigenvalue weighted by Crippen LogP contribution is -2.50. The number of aromatic nitrogens is 1. The summed E-state index contributed by atoms with van der Waals surface area (Å²) in [5, 5.41) is 11.1. The minimum atomic E-state index is -4.04. The van der Waals surface area contributed by atoms with Gasteiger partial charge >= 0.3 is 0 Å². The van der Waals surface area contributed by atoms with Crippen molar-refractivity contribution >= 4 is 33.2 Å². The number of nitro benzene ring substituents is 1. The number of sulfonamides is 1. The fourth-order valence-corrected chi connectivity index (χ4v) is 6.75. The Balaban J connectivity index is 1.43. The number of rotatable bonds is 8. The van der Waals surface area contributed by atoms with Crippen LogP contribution in [0.3, 0.4) is 0 Å². The van der Waals surface area contributed by atoms with Crippen molar-refractivity contribution in [1.82, 2.24) is 13.8 Å². The molecule has 224 valence electrons. The van der Waals surface area contributed by atoms with Crippen molar-refractivity contribution < 1.29 is 27.6 Å². The molecule has 4 aromatic rings. The second kappa shape index (κ2) is 12.1. The minimum absolute atomic E-state index is 0.0332. The van der Waals surface area contributed by atoms with Crippen molar-refractivity contribution in [1.29, 1.82) is 0 Å². The molecule has 13 heteroatoms. The van der Waals surface area contributed by atoms with E-state index in [4.69, 9.17) is 21.1 Å². The molecule has 0 unspecified atom stereocenters. The average molecular weight is 625 g/mol. The first-order valence-corrected chi connectivity index (χ1v) is 15.1. The average Bonchev–Trinajstić information content (AvgIpc) is 3.37. The number of hydrogen-bond acceptors (Lipinski definition) is 7. The Morgan fingerprint density at radius 3 is 2.21 bits per heavy atom. The third-order valence-electron chi connectivity index (χ3n) is 7.45. The van der Waals surface area contributed by atoms with Crippen LogP contribution in [0.4, 0.5) is 5.69 Å². The summed E-state index contributed by atoms with van der Waals surface area (Å²) in [6.07, 6.45) is 0. The number of piperazine rings is 1. The molecular formula is C30H29ClN4O7S. The Hall–Kier alpha value is -4.39. The van der Waals surface area contributed by atoms with Gasteiger partial charge in [-0.1, -0.05) is 17.7 Å². The molecule has 1 amide bonds. The van der Waals surface area contributed by atoms with E-state index >= 15 is 0 Å². The normalized spacial score (nSPS) is 14.0. The van der Waals surface area contributed by atoms with E-state index in [-0.39, 0.29) is 42.0 Å². The lowest BCUT2D eigenvalue weighted by atomic mass is 10.1. The van der Waals surface area contributed by atoms with E-state index < -0.39 is 20.6 Å². The summed E-state index contributed by atoms with van der Waals surface area (Å²) in [5.74, 6) is 1.15. The van der Waals surface area contributed by atoms with E-state index in [0.29, 0.717) is 22.8 Å². The summed E-state index contributed by atoms with van der Waals surface area (Å²) in [6, 6.07) is 20.3. The number of methoxy groups -OCH3 is 2. The molecule has 0 radical (unpaired) electrons. The van der Waals surface area contributed by atoms with E-state index in [2.05, 4.69) is 0 Å². The zero-order chi connectivity index (χ0) is 30.9. The monoisotopic (exact) mass is 624 g/mol. The molecule has 11 nitrogen and oxygen atoms in total. The second-order valence-electron chi connectivity index (χ2n) is 9.86. The zero-order valence-corrected chi connectivity index (χ0v) is 25.3. The molecule has 0 bridgehead atoms. The van der Waals surface area contributed by atoms with Gasteiger partial charge in [0.05, 0.1) is 35.3 Å². The van der Waals surface area contributed by atoms with Crippen LogP contribution < -0.4 is 9.47 Å². The van der Waals surface area contributed by atoms with Gasteiger partial charge in [-0.05, 0) is 67.1 Å². The van der Waals surface area contributed by atoms with Gasteiger partial charge in [-0.25, -0.2) is 8.42 Å². The molecule has 0 saturated carbocycles. The van der Waals surface area contributed by atoms with Crippen LogP contribution in [0.2, 0.25) is 5.02 Å². The van der Waals surface area contributed by atoms with E-state index in [1.165, 1.54) is 16.4 Å². The first kappa shape index (κ1) is 30.1. The van der Waals surface area contributed by atoms with Gasteiger partial charge in [0.15, 0.2) is 0 Å². The molecule has 1 fully saturated rings. The predicted molar refractivity (Wildman–Crippen MR) is 162 cm³/mol. The molecule has 1 saturated heterocycles. The summed E-state index contributed by atoms with van der Waals surface area (Å²) in [6.45, 7) is 2.23. The van der Waals surface area contributed by atoms with E-state index in [0.717, 1.165) is 23.0 Å². The molecule has 1 aliphatic heterocycles. The Morgan fingerprint density at radius 1 is 0.907 bits per heavy atom. The van der Waals surface area contributed by atoms with Gasteiger partial charge in [0, 0.05) is 49.7 Å². The maximum absolute atomic E-state index is 13.9. The highest BCUT2D eigenvalue weighted by Crippen LogP contribution is 2.33. The molecule has 0 atom stereocenters. The lowest BCUT2D eigenvalue weighted by molar-refractivity contribution is -0.384. The molecular weight excluding hydrogens is 596 g/mol. The van der Waals surface area contributed by atoms with Gasteiger partial charge in [-0.15, -0.1) is 0 Å². The number of halogens is 1. The highest BCUT2D eigenvalue weighted by Gasteiger charge is 2.33. The molecule has 1 aliphatic rings. The van der Waals surface area contributed by atoms with Gasteiger partial charge in [-0.3, -0.25) is 14.9 Å². The van der Waals surface area contributed by atoms with Crippen LogP contribution in [0.5, 0.6) is 11.5 Å². The Morgan fingerprint density at radius 2 is 1.58 bits per heavy atom. The summed E-state index contributed by atoms with van der Waals surface area (Å²) in [5.41, 5.74) is 3.20. The topological polar surface area (TPSA) is 124 Å². The fourth-order valence-electron chi connectivity index (χ4n) is 5.12. The van der Waals surface area contributed by atoms with Crippen LogP contribution in [-0.4, -0.2) is 73.4 Å². The van der Waals surface area contributed by atoms with Crippen molar-refractivity contribution in [3.8, 4) is 28.4 Å². The quantitative estimate of drug-likeness (QED) is 0.195. The highest BCUT2D eigenvalue weighted by atomic mass is 35.5. The van der Waals surface area contributed by atoms with Crippen LogP contribution in [0, 0.1) is 17.0 Å². The summed E-state index contributed by atoms with van der Waals surface area (Å²) < 4.78 is 40.5. The first-order valence-electron chi connectivity index (χ1n) is 13.3. The van der Waals surface area contributed by atoms with Crippen molar-refractivity contribution in [2.75, 3.05) is 40.4 Å². The molecule has 0 N–H and O–H groups in total. The first-order chi connectivity index (χ1) is 20.5. The SMILES string of the molecule is COc1ccc(-c2cc(C(=O)N3CCN(S(=O)(=O)c4ccc(Cl)c([N+](=O)[O-])c4)CC3)c(C)n2-c2cccc(OC)c2)cc1. The maximum atomic E-state index is 13.9. The Bertz CT molecular complexity index is 1800. The number of ether oxygens (including phenoxy) is 2. The van der Waals surface area contributed by atoms with Crippen LogP contribution in [0.15, 0.2) is 77.7 Å². The fraction of sp³-hybridized carbons (Fsp3) is 0.233. The number of hydrogen-bond donors (Lipinski definition) is 0. The second-order valence-corrected chi connectivity index (χ2v) is 12.2. The third kappa shape index (κ3) is 5.81. The number of carbonyl (C=O) groups is 1. The van der Waals surface area contributed by atoms with Crippen LogP contribution in [-0.2, 0) is 10.0 Å².